The fraction of sp³-hybridized carbons (Fsp3) is 0.643. The molecule has 0 aliphatic rings. The second kappa shape index (κ2) is 21.0. The van der Waals surface area contributed by atoms with E-state index in [1.807, 2.05) is 0 Å². The second-order valence-corrected chi connectivity index (χ2v) is 5.56. The third kappa shape index (κ3) is 22.8. The van der Waals surface area contributed by atoms with Crippen molar-refractivity contribution in [1.82, 2.24) is 14.7 Å². The number of carboxylic acids is 5. The van der Waals surface area contributed by atoms with Gasteiger partial charge in [-0.1, -0.05) is 0 Å². The van der Waals surface area contributed by atoms with E-state index in [1.54, 1.807) is 0 Å². The van der Waals surface area contributed by atoms with E-state index in [0.29, 0.717) is 0 Å². The monoisotopic (exact) mass is 545 g/mol. The Morgan fingerprint density at radius 3 is 0.800 bits per heavy atom. The topological polar surface area (TPSA) is 210 Å². The van der Waals surface area contributed by atoms with E-state index >= 15 is 0 Å². The van der Waals surface area contributed by atoms with Crippen LogP contribution in [0.1, 0.15) is 0 Å². The maximum Gasteiger partial charge on any atom is 3.00 e. The predicted octanol–water partition coefficient (Wildman–Crippen LogP) is -15.7. The van der Waals surface area contributed by atoms with Crippen molar-refractivity contribution in [3.05, 3.63) is 0 Å². The standard InChI is InChI=1S/C14H23N3O10.In.2Na/c18-10(19)5-15(1-3-16(6-11(20)21)7-12(22)23)2-4-17(8-13(24)25)9-14(26)27;;;/h1-9H2,(H,18,19)(H,20,21)(H,22,23)(H,24,25)(H,26,27);;;/q;+3;2*+1/p-5/i;1-4;;. The van der Waals surface area contributed by atoms with E-state index in [1.165, 1.54) is 4.90 Å². The molecule has 0 heterocycles. The number of carbonyl (C=O) groups excluding carboxylic acids is 5. The van der Waals surface area contributed by atoms with Gasteiger partial charge in [-0.3, -0.25) is 14.7 Å². The fourth-order valence-corrected chi connectivity index (χ4v) is 2.18. The van der Waals surface area contributed by atoms with Crippen molar-refractivity contribution in [3.63, 3.8) is 0 Å². The molecule has 0 N–H and O–H groups in total. The number of rotatable bonds is 16. The first-order chi connectivity index (χ1) is 12.5. The van der Waals surface area contributed by atoms with Crippen LogP contribution in [0.2, 0.25) is 0 Å². The van der Waals surface area contributed by atoms with Crippen molar-refractivity contribution in [1.29, 1.82) is 0 Å². The average Bonchev–Trinajstić information content (AvgIpc) is 2.46. The quantitative estimate of drug-likeness (QED) is 0.165. The van der Waals surface area contributed by atoms with E-state index in [4.69, 9.17) is 0 Å². The van der Waals surface area contributed by atoms with Gasteiger partial charge in [0.2, 0.25) is 0 Å². The van der Waals surface area contributed by atoms with Crippen LogP contribution in [-0.2, 0) is 24.0 Å². The van der Waals surface area contributed by atoms with Crippen molar-refractivity contribution in [2.75, 3.05) is 58.9 Å². The van der Waals surface area contributed by atoms with Gasteiger partial charge >= 0.3 is 85.0 Å². The molecular weight excluding hydrogens is 527 g/mol. The van der Waals surface area contributed by atoms with Crippen LogP contribution in [0.25, 0.3) is 0 Å². The van der Waals surface area contributed by atoms with Gasteiger partial charge in [-0.15, -0.1) is 0 Å². The van der Waals surface area contributed by atoms with Gasteiger partial charge in [-0.25, -0.2) is 0 Å². The van der Waals surface area contributed by atoms with Gasteiger partial charge in [0.1, 0.15) is 0 Å². The zero-order valence-electron chi connectivity index (χ0n) is 16.9. The molecule has 16 heteroatoms. The van der Waals surface area contributed by atoms with Crippen molar-refractivity contribution < 1.29 is 109 Å². The molecule has 0 aromatic rings. The molecule has 0 amide bonds. The van der Waals surface area contributed by atoms with Crippen LogP contribution < -0.4 is 84.6 Å². The summed E-state index contributed by atoms with van der Waals surface area (Å²) in [5.74, 6) is -7.67. The summed E-state index contributed by atoms with van der Waals surface area (Å²) in [6, 6.07) is 0. The molecule has 0 radical (unpaired) electrons. The molecule has 0 fully saturated rings. The van der Waals surface area contributed by atoms with Gasteiger partial charge in [0.15, 0.2) is 0 Å². The molecule has 0 aromatic heterocycles. The summed E-state index contributed by atoms with van der Waals surface area (Å²) < 4.78 is 0. The summed E-state index contributed by atoms with van der Waals surface area (Å²) in [5.41, 5.74) is 0. The maximum atomic E-state index is 10.8. The number of hydrogen-bond acceptors (Lipinski definition) is 13. The fourth-order valence-electron chi connectivity index (χ4n) is 2.18. The molecule has 0 saturated carbocycles. The first-order valence-corrected chi connectivity index (χ1v) is 7.66. The third-order valence-corrected chi connectivity index (χ3v) is 3.23. The Kier molecular flexibility index (Phi) is 26.2. The van der Waals surface area contributed by atoms with E-state index in [-0.39, 0.29) is 111 Å². The van der Waals surface area contributed by atoms with Gasteiger partial charge < -0.3 is 49.5 Å². The number of carboxylic acid groups (broad SMARTS) is 5. The summed E-state index contributed by atoms with van der Waals surface area (Å²) >= 11 is 0. The minimum absolute atomic E-state index is 0. The van der Waals surface area contributed by atoms with Crippen LogP contribution in [0.5, 0.6) is 0 Å². The van der Waals surface area contributed by atoms with Crippen LogP contribution in [0.4, 0.5) is 0 Å². The minimum atomic E-state index is -1.54. The summed E-state index contributed by atoms with van der Waals surface area (Å²) in [6.45, 7) is -4.16. The zero-order valence-corrected chi connectivity index (χ0v) is 24.2. The molecule has 0 rings (SSSR count). The zero-order chi connectivity index (χ0) is 21.0. The predicted molar refractivity (Wildman–Crippen MR) is 80.1 cm³/mol. The van der Waals surface area contributed by atoms with Crippen LogP contribution in [0.3, 0.4) is 0 Å². The molecule has 0 unspecified atom stereocenters. The van der Waals surface area contributed by atoms with Crippen molar-refractivity contribution in [2.24, 2.45) is 0 Å². The molecule has 0 spiro atoms. The van der Waals surface area contributed by atoms with Gasteiger partial charge in [0, 0.05) is 58.9 Å². The third-order valence-electron chi connectivity index (χ3n) is 3.23. The molecular formula is C14H18InN3Na2O10. The number of hydrogen-bond donors (Lipinski definition) is 0. The van der Waals surface area contributed by atoms with E-state index in [9.17, 15) is 49.5 Å². The van der Waals surface area contributed by atoms with E-state index in [0.717, 1.165) is 9.80 Å². The smallest absolute Gasteiger partial charge is 0.549 e. The average molecular weight is 545 g/mol. The molecule has 0 aliphatic carbocycles. The minimum Gasteiger partial charge on any atom is -0.549 e. The molecule has 13 nitrogen and oxygen atoms in total. The molecule has 30 heavy (non-hydrogen) atoms. The first kappa shape index (κ1) is 37.4. The molecule has 154 valence electrons. The Morgan fingerprint density at radius 2 is 0.600 bits per heavy atom. The Morgan fingerprint density at radius 1 is 0.433 bits per heavy atom. The van der Waals surface area contributed by atoms with Crippen LogP contribution in [0, 0.1) is 0 Å². The van der Waals surface area contributed by atoms with Crippen LogP contribution in [0.15, 0.2) is 0 Å². The Hall–Kier alpha value is 0.100. The van der Waals surface area contributed by atoms with Gasteiger partial charge in [0.05, 0.1) is 29.8 Å². The summed E-state index contributed by atoms with van der Waals surface area (Å²) in [5, 5.41) is 53.3. The van der Waals surface area contributed by atoms with Crippen molar-refractivity contribution in [2.45, 2.75) is 0 Å². The normalized spacial score (nSPS) is 9.97. The maximum absolute atomic E-state index is 10.8. The first-order valence-electron chi connectivity index (χ1n) is 7.66. The van der Waals surface area contributed by atoms with Crippen molar-refractivity contribution >= 4 is 55.7 Å². The summed E-state index contributed by atoms with van der Waals surface area (Å²) in [7, 11) is 0. The van der Waals surface area contributed by atoms with E-state index < -0.39 is 62.6 Å². The van der Waals surface area contributed by atoms with Gasteiger partial charge in [0.25, 0.3) is 0 Å². The largest absolute Gasteiger partial charge is 3.00 e. The summed E-state index contributed by atoms with van der Waals surface area (Å²) in [4.78, 5) is 56.4. The number of nitrogens with zero attached hydrogens (tertiary/aromatic N) is 3. The molecule has 0 aromatic carbocycles. The summed E-state index contributed by atoms with van der Waals surface area (Å²) in [6.07, 6.45) is 0. The van der Waals surface area contributed by atoms with Crippen LogP contribution >= 0.6 is 0 Å². The van der Waals surface area contributed by atoms with Gasteiger partial charge in [-0.2, -0.15) is 0 Å². The molecule has 0 atom stereocenters. The SMILES string of the molecule is O=C([O-])CN(CCN(CC(=O)[O-])CC(=O)[O-])CCN(CC(=O)[O-])CC(=O)[O-].[111In+3].[Na+].[Na+]. The molecule has 0 aliphatic heterocycles. The second-order valence-electron chi connectivity index (χ2n) is 5.56. The van der Waals surface area contributed by atoms with Gasteiger partial charge in [-0.05, 0) is 0 Å². The Labute approximate surface area is 235 Å². The Bertz CT molecular complexity index is 498. The number of aliphatic carboxylic acids is 5. The molecule has 0 saturated heterocycles. The number of carbonyl (C=O) groups is 5. The van der Waals surface area contributed by atoms with Crippen molar-refractivity contribution in [3.8, 4) is 0 Å². The van der Waals surface area contributed by atoms with Crippen LogP contribution in [-0.4, -0.2) is 129 Å². The molecule has 0 bridgehead atoms. The van der Waals surface area contributed by atoms with E-state index in [2.05, 4.69) is 0 Å². The Balaban J connectivity index is -0.00000113.